The van der Waals surface area contributed by atoms with E-state index < -0.39 is 10.0 Å². The van der Waals surface area contributed by atoms with Gasteiger partial charge in [-0.25, -0.2) is 13.1 Å². The van der Waals surface area contributed by atoms with Crippen molar-refractivity contribution in [1.82, 2.24) is 10.0 Å². The van der Waals surface area contributed by atoms with Crippen molar-refractivity contribution < 1.29 is 8.42 Å². The minimum atomic E-state index is -3.39. The van der Waals surface area contributed by atoms with Crippen LogP contribution in [-0.4, -0.2) is 27.5 Å². The zero-order valence-electron chi connectivity index (χ0n) is 10.6. The maximum Gasteiger partial charge on any atom is 0.240 e. The van der Waals surface area contributed by atoms with Gasteiger partial charge in [0.05, 0.1) is 4.90 Å². The van der Waals surface area contributed by atoms with Crippen LogP contribution in [-0.2, 0) is 10.0 Å². The van der Waals surface area contributed by atoms with Gasteiger partial charge in [-0.15, -0.1) is 0 Å². The van der Waals surface area contributed by atoms with Gasteiger partial charge >= 0.3 is 0 Å². The molecule has 0 heterocycles. The Morgan fingerprint density at radius 1 is 1.28 bits per heavy atom. The summed E-state index contributed by atoms with van der Waals surface area (Å²) in [6, 6.07) is 7.10. The molecule has 0 spiro atoms. The second-order valence-corrected chi connectivity index (χ2v) is 7.00. The monoisotopic (exact) mass is 334 g/mol. The summed E-state index contributed by atoms with van der Waals surface area (Å²) in [5.41, 5.74) is 0. The lowest BCUT2D eigenvalue weighted by Crippen LogP contribution is -2.29. The molecule has 0 radical (unpaired) electrons. The predicted molar refractivity (Wildman–Crippen MR) is 77.1 cm³/mol. The normalized spacial score (nSPS) is 12.0. The van der Waals surface area contributed by atoms with Gasteiger partial charge in [-0.1, -0.05) is 35.8 Å². The van der Waals surface area contributed by atoms with E-state index in [-0.39, 0.29) is 4.90 Å². The summed E-state index contributed by atoms with van der Waals surface area (Å²) in [4.78, 5) is 0.286. The van der Waals surface area contributed by atoms with Crippen LogP contribution in [0.25, 0.3) is 0 Å². The minimum Gasteiger partial charge on any atom is -0.314 e. The molecular weight excluding hydrogens is 316 g/mol. The van der Waals surface area contributed by atoms with Gasteiger partial charge in [0.15, 0.2) is 0 Å². The molecule has 0 unspecified atom stereocenters. The number of hydrogen-bond donors (Lipinski definition) is 2. The fourth-order valence-corrected chi connectivity index (χ4v) is 3.07. The Balaban J connectivity index is 2.46. The molecule has 0 saturated carbocycles. The third-order valence-corrected chi connectivity index (χ3v) is 4.26. The Morgan fingerprint density at radius 3 is 2.61 bits per heavy atom. The molecular formula is C12H19BrN2O2S. The lowest BCUT2D eigenvalue weighted by atomic mass is 10.3. The molecule has 4 nitrogen and oxygen atoms in total. The number of halogens is 1. The molecule has 0 aliphatic carbocycles. The Hall–Kier alpha value is -0.430. The fraction of sp³-hybridized carbons (Fsp3) is 0.500. The molecule has 1 rings (SSSR count). The molecule has 0 aromatic heterocycles. The highest BCUT2D eigenvalue weighted by Gasteiger charge is 2.12. The van der Waals surface area contributed by atoms with Crippen LogP contribution in [0, 0.1) is 0 Å². The summed E-state index contributed by atoms with van der Waals surface area (Å²) < 4.78 is 27.2. The van der Waals surface area contributed by atoms with Crippen molar-refractivity contribution in [3.05, 3.63) is 28.7 Å². The van der Waals surface area contributed by atoms with Crippen LogP contribution in [0.15, 0.2) is 33.6 Å². The van der Waals surface area contributed by atoms with Gasteiger partial charge in [-0.05, 0) is 31.2 Å². The van der Waals surface area contributed by atoms with E-state index in [4.69, 9.17) is 0 Å². The lowest BCUT2D eigenvalue weighted by Gasteiger charge is -2.09. The number of sulfonamides is 1. The lowest BCUT2D eigenvalue weighted by molar-refractivity contribution is 0.554. The summed E-state index contributed by atoms with van der Waals surface area (Å²) in [6.07, 6.45) is 0.769. The molecule has 0 aliphatic rings. The van der Waals surface area contributed by atoms with Gasteiger partial charge in [0, 0.05) is 17.1 Å². The Bertz CT molecular complexity index is 475. The van der Waals surface area contributed by atoms with E-state index in [0.29, 0.717) is 12.6 Å². The number of benzene rings is 1. The zero-order chi connectivity index (χ0) is 13.6. The van der Waals surface area contributed by atoms with Crippen LogP contribution in [0.1, 0.15) is 20.3 Å². The van der Waals surface area contributed by atoms with Gasteiger partial charge < -0.3 is 5.32 Å². The van der Waals surface area contributed by atoms with Crippen LogP contribution in [0.2, 0.25) is 0 Å². The fourth-order valence-electron chi connectivity index (χ4n) is 1.40. The molecule has 18 heavy (non-hydrogen) atoms. The predicted octanol–water partition coefficient (Wildman–Crippen LogP) is 2.12. The van der Waals surface area contributed by atoms with Gasteiger partial charge in [0.1, 0.15) is 0 Å². The van der Waals surface area contributed by atoms with Crippen molar-refractivity contribution in [3.8, 4) is 0 Å². The number of rotatable bonds is 7. The third-order valence-electron chi connectivity index (χ3n) is 2.30. The third kappa shape index (κ3) is 5.48. The minimum absolute atomic E-state index is 0.286. The highest BCUT2D eigenvalue weighted by atomic mass is 79.9. The highest BCUT2D eigenvalue weighted by molar-refractivity contribution is 9.10. The van der Waals surface area contributed by atoms with Crippen molar-refractivity contribution in [2.24, 2.45) is 0 Å². The highest BCUT2D eigenvalue weighted by Crippen LogP contribution is 2.15. The SMILES string of the molecule is CC(C)NCCCNS(=O)(=O)c1cccc(Br)c1. The number of hydrogen-bond acceptors (Lipinski definition) is 3. The maximum atomic E-state index is 11.9. The van der Waals surface area contributed by atoms with E-state index in [2.05, 4.69) is 39.8 Å². The molecule has 0 aliphatic heterocycles. The standard InChI is InChI=1S/C12H19BrN2O2S/c1-10(2)14-7-4-8-15-18(16,17)12-6-3-5-11(13)9-12/h3,5-6,9-10,14-15H,4,7-8H2,1-2H3. The summed E-state index contributed by atoms with van der Waals surface area (Å²) in [5, 5.41) is 3.24. The van der Waals surface area contributed by atoms with Crippen LogP contribution in [0.4, 0.5) is 0 Å². The van der Waals surface area contributed by atoms with Crippen LogP contribution in [0.3, 0.4) is 0 Å². The first-order valence-corrected chi connectivity index (χ1v) is 8.18. The van der Waals surface area contributed by atoms with Gasteiger partial charge in [-0.3, -0.25) is 0 Å². The maximum absolute atomic E-state index is 11.9. The van der Waals surface area contributed by atoms with E-state index in [9.17, 15) is 8.42 Å². The summed E-state index contributed by atoms with van der Waals surface area (Å²) >= 11 is 3.26. The van der Waals surface area contributed by atoms with Crippen molar-refractivity contribution in [3.63, 3.8) is 0 Å². The van der Waals surface area contributed by atoms with Crippen LogP contribution in [0.5, 0.6) is 0 Å². The van der Waals surface area contributed by atoms with E-state index in [0.717, 1.165) is 17.4 Å². The first-order chi connectivity index (χ1) is 8.42. The number of nitrogens with one attached hydrogen (secondary N) is 2. The van der Waals surface area contributed by atoms with E-state index in [1.807, 2.05) is 0 Å². The first-order valence-electron chi connectivity index (χ1n) is 5.90. The van der Waals surface area contributed by atoms with Crippen molar-refractivity contribution >= 4 is 26.0 Å². The summed E-state index contributed by atoms with van der Waals surface area (Å²) in [7, 11) is -3.39. The van der Waals surface area contributed by atoms with Crippen molar-refractivity contribution in [1.29, 1.82) is 0 Å². The average molecular weight is 335 g/mol. The molecule has 0 saturated heterocycles. The molecule has 1 aromatic carbocycles. The molecule has 0 fully saturated rings. The molecule has 0 amide bonds. The summed E-state index contributed by atoms with van der Waals surface area (Å²) in [5.74, 6) is 0. The quantitative estimate of drug-likeness (QED) is 0.751. The second kappa shape index (κ2) is 7.23. The zero-order valence-corrected chi connectivity index (χ0v) is 13.0. The molecule has 1 aromatic rings. The smallest absolute Gasteiger partial charge is 0.240 e. The molecule has 6 heteroatoms. The average Bonchev–Trinajstić information content (AvgIpc) is 2.28. The van der Waals surface area contributed by atoms with Gasteiger partial charge in [0.25, 0.3) is 0 Å². The van der Waals surface area contributed by atoms with Gasteiger partial charge in [-0.2, -0.15) is 0 Å². The van der Waals surface area contributed by atoms with E-state index in [1.54, 1.807) is 24.3 Å². The molecule has 0 atom stereocenters. The van der Waals surface area contributed by atoms with E-state index >= 15 is 0 Å². The molecule has 102 valence electrons. The summed E-state index contributed by atoms with van der Waals surface area (Å²) in [6.45, 7) is 5.37. The molecule has 2 N–H and O–H groups in total. The molecule has 0 bridgehead atoms. The van der Waals surface area contributed by atoms with Crippen LogP contribution < -0.4 is 10.0 Å². The van der Waals surface area contributed by atoms with E-state index in [1.165, 1.54) is 0 Å². The first kappa shape index (κ1) is 15.6. The second-order valence-electron chi connectivity index (χ2n) is 4.32. The topological polar surface area (TPSA) is 58.2 Å². The largest absolute Gasteiger partial charge is 0.314 e. The Labute approximate surface area is 117 Å². The van der Waals surface area contributed by atoms with Gasteiger partial charge in [0.2, 0.25) is 10.0 Å². The Morgan fingerprint density at radius 2 is 2.00 bits per heavy atom. The van der Waals surface area contributed by atoms with Crippen LogP contribution >= 0.6 is 15.9 Å². The Kier molecular flexibility index (Phi) is 6.28. The van der Waals surface area contributed by atoms with Crippen molar-refractivity contribution in [2.45, 2.75) is 31.2 Å². The van der Waals surface area contributed by atoms with Crippen molar-refractivity contribution in [2.75, 3.05) is 13.1 Å².